The summed E-state index contributed by atoms with van der Waals surface area (Å²) in [6.45, 7) is 1.79. The lowest BCUT2D eigenvalue weighted by atomic mass is 10.2. The fraction of sp³-hybridized carbons (Fsp3) is 0.118. The molecule has 0 radical (unpaired) electrons. The van der Waals surface area contributed by atoms with Crippen LogP contribution in [0.1, 0.15) is 5.82 Å². The Kier molecular flexibility index (Phi) is 3.50. The lowest BCUT2D eigenvalue weighted by Crippen LogP contribution is -2.01. The molecular formula is C17H15N7O. The van der Waals surface area contributed by atoms with E-state index in [1.165, 1.54) is 6.20 Å². The summed E-state index contributed by atoms with van der Waals surface area (Å²) in [4.78, 5) is 16.9. The minimum atomic E-state index is -0.0692. The highest BCUT2D eigenvalue weighted by Crippen LogP contribution is 2.29. The van der Waals surface area contributed by atoms with Gasteiger partial charge in [-0.1, -0.05) is 18.2 Å². The van der Waals surface area contributed by atoms with E-state index in [2.05, 4.69) is 30.4 Å². The van der Waals surface area contributed by atoms with Crippen LogP contribution in [0, 0.1) is 6.92 Å². The van der Waals surface area contributed by atoms with E-state index in [0.29, 0.717) is 23.2 Å². The van der Waals surface area contributed by atoms with Gasteiger partial charge in [-0.2, -0.15) is 5.10 Å². The first-order valence-corrected chi connectivity index (χ1v) is 7.66. The Morgan fingerprint density at radius 3 is 2.76 bits per heavy atom. The first kappa shape index (κ1) is 15.0. The van der Waals surface area contributed by atoms with E-state index in [4.69, 9.17) is 0 Å². The van der Waals surface area contributed by atoms with Crippen molar-refractivity contribution in [2.75, 3.05) is 5.32 Å². The van der Waals surface area contributed by atoms with Gasteiger partial charge in [-0.15, -0.1) is 0 Å². The number of fused-ring (bicyclic) bond motifs is 1. The number of nitrogens with zero attached hydrogens (tertiary/aromatic N) is 6. The predicted octanol–water partition coefficient (Wildman–Crippen LogP) is 2.58. The number of para-hydroxylation sites is 1. The first-order valence-electron chi connectivity index (χ1n) is 7.66. The molecule has 0 bridgehead atoms. The number of hydrogen-bond donors (Lipinski definition) is 2. The van der Waals surface area contributed by atoms with Crippen LogP contribution < -0.4 is 5.32 Å². The molecule has 3 aromatic heterocycles. The normalized spacial score (nSPS) is 11.0. The molecular weight excluding hydrogens is 318 g/mol. The van der Waals surface area contributed by atoms with Gasteiger partial charge in [0.2, 0.25) is 0 Å². The third kappa shape index (κ3) is 2.74. The van der Waals surface area contributed by atoms with E-state index >= 15 is 0 Å². The number of anilines is 2. The Labute approximate surface area is 143 Å². The molecule has 2 N–H and O–H groups in total. The van der Waals surface area contributed by atoms with Crippen LogP contribution in [0.4, 0.5) is 11.6 Å². The van der Waals surface area contributed by atoms with E-state index in [1.54, 1.807) is 23.9 Å². The van der Waals surface area contributed by atoms with Crippen molar-refractivity contribution in [3.8, 4) is 17.3 Å². The number of nitrogens with one attached hydrogen (secondary N) is 1. The van der Waals surface area contributed by atoms with Gasteiger partial charge in [0.25, 0.3) is 0 Å². The first-order chi connectivity index (χ1) is 12.1. The molecule has 0 fully saturated rings. The summed E-state index contributed by atoms with van der Waals surface area (Å²) in [6, 6.07) is 9.54. The average molecular weight is 333 g/mol. The molecule has 4 aromatic rings. The minimum Gasteiger partial charge on any atom is -0.503 e. The molecule has 0 spiro atoms. The van der Waals surface area contributed by atoms with Crippen LogP contribution in [0.5, 0.6) is 5.75 Å². The van der Waals surface area contributed by atoms with Crippen LogP contribution in [0.2, 0.25) is 0 Å². The SMILES string of the molecule is Cc1nccc(Nc2nc(-c3nn(C)c4ccccc34)ncc2O)n1. The van der Waals surface area contributed by atoms with E-state index in [1.807, 2.05) is 31.3 Å². The molecule has 3 heterocycles. The minimum absolute atomic E-state index is 0.0692. The lowest BCUT2D eigenvalue weighted by Gasteiger charge is -2.08. The molecule has 124 valence electrons. The van der Waals surface area contributed by atoms with Crippen molar-refractivity contribution in [2.24, 2.45) is 7.05 Å². The standard InChI is InChI=1S/C17H15N7O/c1-10-18-8-7-14(20-10)21-16-13(25)9-19-17(22-16)15-11-5-3-4-6-12(11)24(2)23-15/h3-9,25H,1-2H3,(H,18,19,20,21,22). The quantitative estimate of drug-likeness (QED) is 0.594. The summed E-state index contributed by atoms with van der Waals surface area (Å²) >= 11 is 0. The zero-order chi connectivity index (χ0) is 17.4. The summed E-state index contributed by atoms with van der Waals surface area (Å²) in [5, 5.41) is 18.5. The third-order valence-corrected chi connectivity index (χ3v) is 3.76. The molecule has 25 heavy (non-hydrogen) atoms. The molecule has 1 aromatic carbocycles. The number of hydrogen-bond acceptors (Lipinski definition) is 7. The number of rotatable bonds is 3. The highest BCUT2D eigenvalue weighted by atomic mass is 16.3. The fourth-order valence-corrected chi connectivity index (χ4v) is 2.61. The van der Waals surface area contributed by atoms with E-state index in [9.17, 15) is 5.11 Å². The van der Waals surface area contributed by atoms with Gasteiger partial charge in [-0.05, 0) is 19.1 Å². The van der Waals surface area contributed by atoms with Crippen LogP contribution in [-0.2, 0) is 7.05 Å². The summed E-state index contributed by atoms with van der Waals surface area (Å²) < 4.78 is 1.78. The Morgan fingerprint density at radius 2 is 1.92 bits per heavy atom. The van der Waals surface area contributed by atoms with E-state index in [-0.39, 0.29) is 11.6 Å². The highest BCUT2D eigenvalue weighted by Gasteiger charge is 2.15. The van der Waals surface area contributed by atoms with Crippen molar-refractivity contribution < 1.29 is 5.11 Å². The van der Waals surface area contributed by atoms with Crippen molar-refractivity contribution in [1.82, 2.24) is 29.7 Å². The Balaban J connectivity index is 1.79. The van der Waals surface area contributed by atoms with Crippen molar-refractivity contribution in [3.63, 3.8) is 0 Å². The lowest BCUT2D eigenvalue weighted by molar-refractivity contribution is 0.472. The number of aryl methyl sites for hydroxylation is 2. The van der Waals surface area contributed by atoms with Crippen LogP contribution in [0.3, 0.4) is 0 Å². The number of benzene rings is 1. The molecule has 0 saturated carbocycles. The molecule has 0 amide bonds. The maximum Gasteiger partial charge on any atom is 0.183 e. The number of aromatic hydroxyl groups is 1. The van der Waals surface area contributed by atoms with Gasteiger partial charge in [0, 0.05) is 18.6 Å². The summed E-state index contributed by atoms with van der Waals surface area (Å²) in [5.74, 6) is 1.77. The second-order valence-electron chi connectivity index (χ2n) is 5.53. The van der Waals surface area contributed by atoms with Crippen molar-refractivity contribution >= 4 is 22.5 Å². The highest BCUT2D eigenvalue weighted by molar-refractivity contribution is 5.91. The topological polar surface area (TPSA) is 102 Å². The molecule has 4 rings (SSSR count). The molecule has 0 atom stereocenters. The Bertz CT molecular complexity index is 1070. The summed E-state index contributed by atoms with van der Waals surface area (Å²) in [5.41, 5.74) is 1.63. The second-order valence-corrected chi connectivity index (χ2v) is 5.53. The molecule has 0 aliphatic carbocycles. The van der Waals surface area contributed by atoms with Gasteiger partial charge in [-0.3, -0.25) is 4.68 Å². The van der Waals surface area contributed by atoms with Crippen molar-refractivity contribution in [3.05, 3.63) is 48.5 Å². The summed E-state index contributed by atoms with van der Waals surface area (Å²) in [7, 11) is 1.87. The van der Waals surface area contributed by atoms with Crippen LogP contribution >= 0.6 is 0 Å². The van der Waals surface area contributed by atoms with Gasteiger partial charge in [-0.25, -0.2) is 19.9 Å². The average Bonchev–Trinajstić information content (AvgIpc) is 2.94. The molecule has 8 heteroatoms. The maximum atomic E-state index is 10.1. The molecule has 8 nitrogen and oxygen atoms in total. The number of aromatic nitrogens is 6. The zero-order valence-electron chi connectivity index (χ0n) is 13.7. The Morgan fingerprint density at radius 1 is 1.08 bits per heavy atom. The predicted molar refractivity (Wildman–Crippen MR) is 93.5 cm³/mol. The molecule has 0 unspecified atom stereocenters. The Hall–Kier alpha value is -3.55. The monoisotopic (exact) mass is 333 g/mol. The van der Waals surface area contributed by atoms with Gasteiger partial charge in [0.15, 0.2) is 17.4 Å². The van der Waals surface area contributed by atoms with E-state index < -0.39 is 0 Å². The van der Waals surface area contributed by atoms with Gasteiger partial charge in [0.05, 0.1) is 11.7 Å². The van der Waals surface area contributed by atoms with Crippen LogP contribution in [-0.4, -0.2) is 34.8 Å². The molecule has 0 aliphatic heterocycles. The van der Waals surface area contributed by atoms with Crippen LogP contribution in [0.25, 0.3) is 22.4 Å². The van der Waals surface area contributed by atoms with E-state index in [0.717, 1.165) is 10.9 Å². The van der Waals surface area contributed by atoms with Crippen molar-refractivity contribution in [1.29, 1.82) is 0 Å². The summed E-state index contributed by atoms with van der Waals surface area (Å²) in [6.07, 6.45) is 2.98. The van der Waals surface area contributed by atoms with Gasteiger partial charge >= 0.3 is 0 Å². The van der Waals surface area contributed by atoms with Gasteiger partial charge in [0.1, 0.15) is 17.3 Å². The smallest absolute Gasteiger partial charge is 0.183 e. The van der Waals surface area contributed by atoms with Gasteiger partial charge < -0.3 is 10.4 Å². The fourth-order valence-electron chi connectivity index (χ4n) is 2.61. The zero-order valence-corrected chi connectivity index (χ0v) is 13.7. The third-order valence-electron chi connectivity index (χ3n) is 3.76. The molecule has 0 aliphatic rings. The van der Waals surface area contributed by atoms with Crippen molar-refractivity contribution in [2.45, 2.75) is 6.92 Å². The largest absolute Gasteiger partial charge is 0.503 e. The second kappa shape index (κ2) is 5.82. The maximum absolute atomic E-state index is 10.1. The van der Waals surface area contributed by atoms with Crippen LogP contribution in [0.15, 0.2) is 42.7 Å². The molecule has 0 saturated heterocycles.